The van der Waals surface area contributed by atoms with Crippen LogP contribution in [0.4, 0.5) is 4.79 Å². The van der Waals surface area contributed by atoms with Gasteiger partial charge in [0.05, 0.1) is 26.7 Å². The largest absolute Gasteiger partial charge is 0.493 e. The van der Waals surface area contributed by atoms with E-state index in [9.17, 15) is 19.5 Å². The summed E-state index contributed by atoms with van der Waals surface area (Å²) in [6, 6.07) is 11.0. The number of ether oxygens (including phenoxy) is 3. The summed E-state index contributed by atoms with van der Waals surface area (Å²) in [7, 11) is 3.23. The van der Waals surface area contributed by atoms with Crippen LogP contribution < -0.4 is 14.2 Å². The molecule has 0 radical (unpaired) electrons. The van der Waals surface area contributed by atoms with Gasteiger partial charge in [-0.05, 0) is 47.9 Å². The molecule has 2 aromatic carbocycles. The van der Waals surface area contributed by atoms with Gasteiger partial charge in [-0.1, -0.05) is 25.1 Å². The van der Waals surface area contributed by atoms with E-state index in [4.69, 9.17) is 14.2 Å². The second-order valence-corrected chi connectivity index (χ2v) is 9.88. The van der Waals surface area contributed by atoms with Crippen LogP contribution in [0.1, 0.15) is 48.9 Å². The second kappa shape index (κ2) is 12.8. The molecule has 1 saturated heterocycles. The Bertz CT molecular complexity index is 1200. The molecule has 0 saturated carbocycles. The minimum absolute atomic E-state index is 0.0128. The van der Waals surface area contributed by atoms with Gasteiger partial charge in [0.2, 0.25) is 5.91 Å². The molecule has 1 N–H and O–H groups in total. The first-order chi connectivity index (χ1) is 18.8. The van der Waals surface area contributed by atoms with Crippen LogP contribution in [0.5, 0.6) is 17.2 Å². The number of hydrogen-bond donors (Lipinski definition) is 1. The molecule has 0 aliphatic carbocycles. The van der Waals surface area contributed by atoms with Gasteiger partial charge in [0.15, 0.2) is 11.5 Å². The summed E-state index contributed by atoms with van der Waals surface area (Å²) < 4.78 is 17.1. The van der Waals surface area contributed by atoms with Gasteiger partial charge in [0.1, 0.15) is 12.4 Å². The first kappa shape index (κ1) is 28.2. The minimum Gasteiger partial charge on any atom is -0.493 e. The number of benzene rings is 2. The SMILES string of the molecule is CCCN(Cc1ccc(OCCN2C(=O)CCN(C)C2=O)c(OC)c1)C(CC(=O)O)c1ccc2c(c1)CCO2. The third-order valence-corrected chi connectivity index (χ3v) is 7.12. The van der Waals surface area contributed by atoms with E-state index in [0.29, 0.717) is 37.6 Å². The monoisotopic (exact) mass is 539 g/mol. The van der Waals surface area contributed by atoms with Crippen LogP contribution in [0.3, 0.4) is 0 Å². The maximum Gasteiger partial charge on any atom is 0.326 e. The Labute approximate surface area is 229 Å². The summed E-state index contributed by atoms with van der Waals surface area (Å²) in [5.41, 5.74) is 3.03. The Morgan fingerprint density at radius 1 is 1.15 bits per heavy atom. The quantitative estimate of drug-likeness (QED) is 0.410. The Kier molecular flexibility index (Phi) is 9.29. The van der Waals surface area contributed by atoms with E-state index in [1.165, 1.54) is 9.80 Å². The van der Waals surface area contributed by atoms with Crippen LogP contribution in [-0.2, 0) is 22.6 Å². The van der Waals surface area contributed by atoms with Gasteiger partial charge in [-0.3, -0.25) is 19.4 Å². The van der Waals surface area contributed by atoms with Gasteiger partial charge in [-0.15, -0.1) is 0 Å². The Hall–Kier alpha value is -3.79. The van der Waals surface area contributed by atoms with Gasteiger partial charge in [0, 0.05) is 39.0 Å². The smallest absolute Gasteiger partial charge is 0.326 e. The van der Waals surface area contributed by atoms with Gasteiger partial charge in [-0.25, -0.2) is 4.79 Å². The van der Waals surface area contributed by atoms with Gasteiger partial charge in [0.25, 0.3) is 0 Å². The number of amides is 3. The number of imide groups is 1. The highest BCUT2D eigenvalue weighted by molar-refractivity contribution is 5.96. The van der Waals surface area contributed by atoms with Crippen molar-refractivity contribution in [2.45, 2.75) is 45.2 Å². The molecule has 10 nitrogen and oxygen atoms in total. The molecule has 1 unspecified atom stereocenters. The first-order valence-corrected chi connectivity index (χ1v) is 13.4. The highest BCUT2D eigenvalue weighted by Gasteiger charge is 2.30. The predicted octanol–water partition coefficient (Wildman–Crippen LogP) is 3.72. The zero-order chi connectivity index (χ0) is 27.9. The number of carbonyl (C=O) groups excluding carboxylic acids is 2. The van der Waals surface area contributed by atoms with Crippen LogP contribution in [0.15, 0.2) is 36.4 Å². The average molecular weight is 540 g/mol. The number of carboxylic acids is 1. The van der Waals surface area contributed by atoms with Crippen LogP contribution in [0.2, 0.25) is 0 Å². The van der Waals surface area contributed by atoms with Crippen LogP contribution in [0, 0.1) is 0 Å². The first-order valence-electron chi connectivity index (χ1n) is 13.4. The molecule has 2 heterocycles. The van der Waals surface area contributed by atoms with Gasteiger partial charge >= 0.3 is 12.0 Å². The average Bonchev–Trinajstić information content (AvgIpc) is 3.39. The summed E-state index contributed by atoms with van der Waals surface area (Å²) in [6.07, 6.45) is 1.98. The van der Waals surface area contributed by atoms with Crippen molar-refractivity contribution in [1.29, 1.82) is 0 Å². The zero-order valence-electron chi connectivity index (χ0n) is 22.9. The summed E-state index contributed by atoms with van der Waals surface area (Å²) in [5, 5.41) is 9.73. The molecule has 3 amide bonds. The second-order valence-electron chi connectivity index (χ2n) is 9.88. The lowest BCUT2D eigenvalue weighted by molar-refractivity contribution is -0.138. The van der Waals surface area contributed by atoms with Crippen molar-refractivity contribution >= 4 is 17.9 Å². The van der Waals surface area contributed by atoms with E-state index in [0.717, 1.165) is 41.8 Å². The zero-order valence-corrected chi connectivity index (χ0v) is 22.9. The number of carbonyl (C=O) groups is 3. The minimum atomic E-state index is -0.851. The predicted molar refractivity (Wildman–Crippen MR) is 144 cm³/mol. The Morgan fingerprint density at radius 3 is 2.72 bits per heavy atom. The summed E-state index contributed by atoms with van der Waals surface area (Å²) >= 11 is 0. The highest BCUT2D eigenvalue weighted by Crippen LogP contribution is 2.34. The fraction of sp³-hybridized carbons (Fsp3) is 0.483. The highest BCUT2D eigenvalue weighted by atomic mass is 16.5. The Morgan fingerprint density at radius 2 is 1.97 bits per heavy atom. The molecular formula is C29H37N3O7. The van der Waals surface area contributed by atoms with Gasteiger partial charge < -0.3 is 24.2 Å². The molecular weight excluding hydrogens is 502 g/mol. The van der Waals surface area contributed by atoms with Crippen molar-refractivity contribution in [3.63, 3.8) is 0 Å². The lowest BCUT2D eigenvalue weighted by atomic mass is 9.97. The number of rotatable bonds is 13. The molecule has 0 aromatic heterocycles. The number of urea groups is 1. The third kappa shape index (κ3) is 6.81. The van der Waals surface area contributed by atoms with Crippen molar-refractivity contribution < 1.29 is 33.7 Å². The number of nitrogens with zero attached hydrogens (tertiary/aromatic N) is 3. The van der Waals surface area contributed by atoms with E-state index in [2.05, 4.69) is 17.9 Å². The summed E-state index contributed by atoms with van der Waals surface area (Å²) in [4.78, 5) is 41.2. The molecule has 4 rings (SSSR count). The number of carboxylic acid groups (broad SMARTS) is 1. The number of aliphatic carboxylic acids is 1. The lowest BCUT2D eigenvalue weighted by Gasteiger charge is -2.32. The van der Waals surface area contributed by atoms with E-state index >= 15 is 0 Å². The topological polar surface area (TPSA) is 109 Å². The fourth-order valence-corrected chi connectivity index (χ4v) is 5.11. The van der Waals surface area contributed by atoms with Crippen LogP contribution >= 0.6 is 0 Å². The lowest BCUT2D eigenvalue weighted by Crippen LogP contribution is -2.51. The molecule has 1 atom stereocenters. The maximum absolute atomic E-state index is 12.3. The molecule has 1 fully saturated rings. The fourth-order valence-electron chi connectivity index (χ4n) is 5.11. The number of fused-ring (bicyclic) bond motifs is 1. The molecule has 39 heavy (non-hydrogen) atoms. The molecule has 0 spiro atoms. The maximum atomic E-state index is 12.3. The summed E-state index contributed by atoms with van der Waals surface area (Å²) in [6.45, 7) is 4.70. The molecule has 2 aliphatic rings. The third-order valence-electron chi connectivity index (χ3n) is 7.12. The molecule has 210 valence electrons. The standard InChI is InChI=1S/C29H37N3O7/c1-4-11-31(23(18-28(34)35)21-6-8-24-22(17-21)10-14-38-24)19-20-5-7-25(26(16-20)37-3)39-15-13-32-27(33)9-12-30(2)29(32)36/h5-8,16-17,23H,4,9-15,18-19H2,1-3H3,(H,34,35). The van der Waals surface area contributed by atoms with Crippen molar-refractivity contribution in [3.8, 4) is 17.2 Å². The molecule has 10 heteroatoms. The normalized spacial score (nSPS) is 15.8. The number of methoxy groups -OCH3 is 1. The molecule has 0 bridgehead atoms. The number of hydrogen-bond acceptors (Lipinski definition) is 7. The summed E-state index contributed by atoms with van der Waals surface area (Å²) in [5.74, 6) is 0.857. The van der Waals surface area contributed by atoms with Crippen molar-refractivity contribution in [2.24, 2.45) is 0 Å². The van der Waals surface area contributed by atoms with E-state index in [1.807, 2.05) is 30.3 Å². The molecule has 2 aliphatic heterocycles. The van der Waals surface area contributed by atoms with E-state index in [-0.39, 0.29) is 37.6 Å². The van der Waals surface area contributed by atoms with Crippen LogP contribution in [0.25, 0.3) is 0 Å². The Balaban J connectivity index is 1.47. The van der Waals surface area contributed by atoms with Crippen molar-refractivity contribution in [3.05, 3.63) is 53.1 Å². The van der Waals surface area contributed by atoms with Gasteiger partial charge in [-0.2, -0.15) is 0 Å². The van der Waals surface area contributed by atoms with Crippen LogP contribution in [-0.4, -0.2) is 84.7 Å². The van der Waals surface area contributed by atoms with Crippen molar-refractivity contribution in [2.75, 3.05) is 47.0 Å². The molecule has 2 aromatic rings. The van der Waals surface area contributed by atoms with Crippen molar-refractivity contribution in [1.82, 2.24) is 14.7 Å². The van der Waals surface area contributed by atoms with E-state index < -0.39 is 5.97 Å². The van der Waals surface area contributed by atoms with E-state index in [1.54, 1.807) is 14.2 Å².